The molecule has 1 fully saturated rings. The molecule has 4 N–H and O–H groups in total. The van der Waals surface area contributed by atoms with Gasteiger partial charge in [-0.05, 0) is 55.1 Å². The molecule has 2 aliphatic heterocycles. The van der Waals surface area contributed by atoms with Gasteiger partial charge in [0.2, 0.25) is 0 Å². The van der Waals surface area contributed by atoms with Gasteiger partial charge in [0.15, 0.2) is 5.17 Å². The number of amidine groups is 1. The Kier molecular flexibility index (Phi) is 5.13. The number of nitriles is 1. The van der Waals surface area contributed by atoms with Crippen molar-refractivity contribution in [2.75, 3.05) is 29.5 Å². The predicted molar refractivity (Wildman–Crippen MR) is 120 cm³/mol. The summed E-state index contributed by atoms with van der Waals surface area (Å²) in [4.78, 5) is 20.9. The van der Waals surface area contributed by atoms with E-state index in [2.05, 4.69) is 21.7 Å². The molecule has 2 heterocycles. The van der Waals surface area contributed by atoms with Gasteiger partial charge in [-0.3, -0.25) is 4.79 Å². The normalized spacial score (nSPS) is 19.3. The van der Waals surface area contributed by atoms with Gasteiger partial charge in [0.25, 0.3) is 5.91 Å². The number of rotatable bonds is 3. The number of carbonyl (C=O) groups is 1. The minimum Gasteiger partial charge on any atom is -0.399 e. The Bertz CT molecular complexity index is 1120. The molecule has 0 bridgehead atoms. The van der Waals surface area contributed by atoms with Gasteiger partial charge in [-0.25, -0.2) is 4.99 Å². The number of benzene rings is 2. The number of nitrogens with two attached hydrogens (primary N) is 1. The molecule has 29 heavy (non-hydrogen) atoms. The molecule has 0 unspecified atom stereocenters. The lowest BCUT2D eigenvalue weighted by Gasteiger charge is -2.14. The molecule has 1 saturated heterocycles. The smallest absolute Gasteiger partial charge is 0.266 e. The number of nitrogens with zero attached hydrogens (tertiary/aromatic N) is 3. The lowest BCUT2D eigenvalue weighted by atomic mass is 10.2. The highest BCUT2D eigenvalue weighted by Gasteiger charge is 2.33. The number of carbonyl (C=O) groups excluding carboxylic acids is 1. The van der Waals surface area contributed by atoms with Gasteiger partial charge in [0.1, 0.15) is 4.91 Å². The van der Waals surface area contributed by atoms with Gasteiger partial charge >= 0.3 is 0 Å². The SMILES string of the molecule is CCNc1ccc(C#N)cc1/N=C1\NC(=O)/C(=C2/Sc3cc(N)ccc3N2C)S1. The van der Waals surface area contributed by atoms with Gasteiger partial charge in [0, 0.05) is 24.2 Å². The molecule has 4 rings (SSSR count). The summed E-state index contributed by atoms with van der Waals surface area (Å²) >= 11 is 2.81. The van der Waals surface area contributed by atoms with Crippen LogP contribution in [0.15, 0.2) is 56.2 Å². The van der Waals surface area contributed by atoms with Gasteiger partial charge < -0.3 is 21.3 Å². The number of anilines is 3. The van der Waals surface area contributed by atoms with Crippen molar-refractivity contribution in [3.05, 3.63) is 51.9 Å². The van der Waals surface area contributed by atoms with Crippen molar-refractivity contribution in [3.8, 4) is 6.07 Å². The Morgan fingerprint density at radius 1 is 1.28 bits per heavy atom. The molecular weight excluding hydrogens is 404 g/mol. The van der Waals surface area contributed by atoms with Crippen LogP contribution in [-0.2, 0) is 4.79 Å². The Balaban J connectivity index is 1.67. The second-order valence-corrected chi connectivity index (χ2v) is 8.40. The Morgan fingerprint density at radius 2 is 2.10 bits per heavy atom. The van der Waals surface area contributed by atoms with Gasteiger partial charge in [-0.1, -0.05) is 11.8 Å². The van der Waals surface area contributed by atoms with E-state index < -0.39 is 0 Å². The third-order valence-corrected chi connectivity index (χ3v) is 6.71. The summed E-state index contributed by atoms with van der Waals surface area (Å²) < 4.78 is 0. The average Bonchev–Trinajstić information content (AvgIpc) is 3.22. The van der Waals surface area contributed by atoms with Crippen molar-refractivity contribution in [1.82, 2.24) is 5.32 Å². The van der Waals surface area contributed by atoms with Crippen LogP contribution in [0.5, 0.6) is 0 Å². The first-order valence-corrected chi connectivity index (χ1v) is 10.5. The molecule has 0 saturated carbocycles. The lowest BCUT2D eigenvalue weighted by Crippen LogP contribution is -2.21. The number of nitrogens with one attached hydrogen (secondary N) is 2. The summed E-state index contributed by atoms with van der Waals surface area (Å²) in [6, 6.07) is 13.1. The molecule has 1 amide bonds. The number of nitrogen functional groups attached to an aromatic ring is 1. The summed E-state index contributed by atoms with van der Waals surface area (Å²) in [5.41, 5.74) is 9.53. The molecule has 0 aliphatic carbocycles. The number of thioether (sulfide) groups is 2. The van der Waals surface area contributed by atoms with Crippen molar-refractivity contribution >= 4 is 57.3 Å². The number of hydrogen-bond donors (Lipinski definition) is 3. The van der Waals surface area contributed by atoms with Crippen LogP contribution in [0, 0.1) is 11.3 Å². The summed E-state index contributed by atoms with van der Waals surface area (Å²) in [6.45, 7) is 2.71. The maximum atomic E-state index is 12.7. The van der Waals surface area contributed by atoms with Crippen LogP contribution in [-0.4, -0.2) is 24.7 Å². The Hall–Kier alpha value is -3.09. The zero-order chi connectivity index (χ0) is 20.5. The Morgan fingerprint density at radius 3 is 2.86 bits per heavy atom. The highest BCUT2D eigenvalue weighted by Crippen LogP contribution is 2.49. The van der Waals surface area contributed by atoms with Gasteiger partial charge in [0.05, 0.1) is 33.7 Å². The fourth-order valence-corrected chi connectivity index (χ4v) is 5.26. The molecule has 146 valence electrons. The van der Waals surface area contributed by atoms with Crippen molar-refractivity contribution < 1.29 is 4.79 Å². The highest BCUT2D eigenvalue weighted by atomic mass is 32.2. The quantitative estimate of drug-likeness (QED) is 0.510. The van der Waals surface area contributed by atoms with Gasteiger partial charge in [-0.2, -0.15) is 5.26 Å². The first kappa shape index (κ1) is 19.2. The summed E-state index contributed by atoms with van der Waals surface area (Å²) in [5, 5.41) is 16.6. The lowest BCUT2D eigenvalue weighted by molar-refractivity contribution is -0.115. The van der Waals surface area contributed by atoms with Gasteiger partial charge in [-0.15, -0.1) is 0 Å². The number of amides is 1. The minimum atomic E-state index is -0.190. The summed E-state index contributed by atoms with van der Waals surface area (Å²) in [6.07, 6.45) is 0. The standard InChI is InChI=1S/C20H18N6OS2/c1-3-23-13-6-4-11(10-21)8-14(13)24-20-25-18(27)17(29-20)19-26(2)15-7-5-12(22)9-16(15)28-19/h4-9,23H,3,22H2,1-2H3,(H,24,25,27)/b19-17-. The van der Waals surface area contributed by atoms with E-state index in [9.17, 15) is 10.1 Å². The minimum absolute atomic E-state index is 0.190. The van der Waals surface area contributed by atoms with E-state index in [1.165, 1.54) is 23.5 Å². The molecule has 2 aliphatic rings. The number of aliphatic imine (C=N–C) groups is 1. The van der Waals surface area contributed by atoms with Crippen LogP contribution in [0.4, 0.5) is 22.7 Å². The molecular formula is C20H18N6OS2. The third-order valence-electron chi connectivity index (χ3n) is 4.39. The fraction of sp³-hybridized carbons (Fsp3) is 0.150. The van der Waals surface area contributed by atoms with E-state index >= 15 is 0 Å². The van der Waals surface area contributed by atoms with E-state index in [1.807, 2.05) is 43.1 Å². The zero-order valence-electron chi connectivity index (χ0n) is 15.8. The second-order valence-electron chi connectivity index (χ2n) is 6.37. The van der Waals surface area contributed by atoms with Crippen LogP contribution >= 0.6 is 23.5 Å². The van der Waals surface area contributed by atoms with E-state index in [0.29, 0.717) is 27.0 Å². The number of hydrogen-bond acceptors (Lipinski definition) is 8. The molecule has 2 aromatic rings. The van der Waals surface area contributed by atoms with Crippen molar-refractivity contribution in [2.24, 2.45) is 4.99 Å². The van der Waals surface area contributed by atoms with Crippen LogP contribution in [0.1, 0.15) is 12.5 Å². The largest absolute Gasteiger partial charge is 0.399 e. The van der Waals surface area contributed by atoms with Crippen molar-refractivity contribution in [1.29, 1.82) is 5.26 Å². The maximum Gasteiger partial charge on any atom is 0.266 e. The van der Waals surface area contributed by atoms with Crippen LogP contribution in [0.25, 0.3) is 0 Å². The van der Waals surface area contributed by atoms with E-state index in [4.69, 9.17) is 5.73 Å². The summed E-state index contributed by atoms with van der Waals surface area (Å²) in [7, 11) is 1.93. The molecule has 9 heteroatoms. The molecule has 0 spiro atoms. The van der Waals surface area contributed by atoms with E-state index in [1.54, 1.807) is 12.1 Å². The molecule has 2 aromatic carbocycles. The topological polar surface area (TPSA) is 107 Å². The second kappa shape index (κ2) is 7.73. The maximum absolute atomic E-state index is 12.7. The zero-order valence-corrected chi connectivity index (χ0v) is 17.4. The molecule has 7 nitrogen and oxygen atoms in total. The first-order valence-electron chi connectivity index (χ1n) is 8.91. The molecule has 0 atom stereocenters. The summed E-state index contributed by atoms with van der Waals surface area (Å²) in [5.74, 6) is -0.190. The first-order chi connectivity index (χ1) is 14.0. The predicted octanol–water partition coefficient (Wildman–Crippen LogP) is 3.83. The van der Waals surface area contributed by atoms with Crippen molar-refractivity contribution in [2.45, 2.75) is 11.8 Å². The van der Waals surface area contributed by atoms with Crippen LogP contribution in [0.3, 0.4) is 0 Å². The monoisotopic (exact) mass is 422 g/mol. The third kappa shape index (κ3) is 3.64. The van der Waals surface area contributed by atoms with Crippen molar-refractivity contribution in [3.63, 3.8) is 0 Å². The molecule has 0 aromatic heterocycles. The van der Waals surface area contributed by atoms with Crippen LogP contribution < -0.4 is 21.3 Å². The molecule has 0 radical (unpaired) electrons. The number of fused-ring (bicyclic) bond motifs is 1. The Labute approximate surface area is 177 Å². The van der Waals surface area contributed by atoms with E-state index in [0.717, 1.165) is 27.8 Å². The van der Waals surface area contributed by atoms with Crippen LogP contribution in [0.2, 0.25) is 0 Å². The fourth-order valence-electron chi connectivity index (χ4n) is 3.03. The average molecular weight is 423 g/mol. The van der Waals surface area contributed by atoms with E-state index in [-0.39, 0.29) is 5.91 Å². The highest BCUT2D eigenvalue weighted by molar-refractivity contribution is 8.19.